The van der Waals surface area contributed by atoms with Crippen molar-refractivity contribution in [3.05, 3.63) is 46.8 Å². The molecule has 0 aliphatic heterocycles. The highest BCUT2D eigenvalue weighted by molar-refractivity contribution is 6.43. The lowest BCUT2D eigenvalue weighted by molar-refractivity contribution is -0.149. The zero-order valence-electron chi connectivity index (χ0n) is 19.6. The van der Waals surface area contributed by atoms with Crippen molar-refractivity contribution in [2.75, 3.05) is 5.32 Å². The van der Waals surface area contributed by atoms with Crippen LogP contribution in [0.5, 0.6) is 0 Å². The van der Waals surface area contributed by atoms with Crippen molar-refractivity contribution < 1.29 is 23.9 Å². The summed E-state index contributed by atoms with van der Waals surface area (Å²) in [5.41, 5.74) is 0.392. The molecule has 3 N–H and O–H groups in total. The highest BCUT2D eigenvalue weighted by Gasteiger charge is 2.58. The topological polar surface area (TPSA) is 113 Å². The van der Waals surface area contributed by atoms with Crippen molar-refractivity contribution in [3.63, 3.8) is 0 Å². The van der Waals surface area contributed by atoms with Crippen LogP contribution in [-0.4, -0.2) is 43.4 Å². The van der Waals surface area contributed by atoms with Crippen LogP contribution < -0.4 is 10.6 Å². The highest BCUT2D eigenvalue weighted by Crippen LogP contribution is 2.57. The predicted molar refractivity (Wildman–Crippen MR) is 122 cm³/mol. The van der Waals surface area contributed by atoms with Crippen LogP contribution in [0.15, 0.2) is 18.3 Å². The van der Waals surface area contributed by atoms with Crippen molar-refractivity contribution in [2.45, 2.75) is 63.5 Å². The van der Waals surface area contributed by atoms with E-state index in [4.69, 9.17) is 0 Å². The van der Waals surface area contributed by atoms with Gasteiger partial charge in [-0.1, -0.05) is 0 Å². The molecule has 2 aromatic heterocycles. The van der Waals surface area contributed by atoms with E-state index in [1.54, 1.807) is 25.5 Å². The van der Waals surface area contributed by atoms with Gasteiger partial charge >= 0.3 is 0 Å². The molecule has 4 aliphatic carbocycles. The minimum atomic E-state index is -0.752. The summed E-state index contributed by atoms with van der Waals surface area (Å²) >= 11 is 0. The summed E-state index contributed by atoms with van der Waals surface area (Å²) in [6.45, 7) is 3.34. The normalized spacial score (nSPS) is 29.2. The predicted octanol–water partition coefficient (Wildman–Crippen LogP) is 2.81. The molecular formula is C25H29FN4O4. The molecule has 0 aromatic carbocycles. The molecule has 6 rings (SSSR count). The maximum Gasteiger partial charge on any atom is 0.294 e. The van der Waals surface area contributed by atoms with E-state index < -0.39 is 34.7 Å². The number of hydrogen-bond acceptors (Lipinski definition) is 5. The van der Waals surface area contributed by atoms with Gasteiger partial charge in [0, 0.05) is 18.3 Å². The monoisotopic (exact) mass is 468 g/mol. The number of amides is 2. The molecule has 4 atom stereocenters. The maximum absolute atomic E-state index is 13.3. The number of carbonyl (C=O) groups is 3. The molecule has 4 bridgehead atoms. The molecule has 2 amide bonds. The minimum Gasteiger partial charge on any atom is -0.390 e. The fraction of sp³-hybridized carbons (Fsp3) is 0.520. The molecular weight excluding hydrogens is 439 g/mol. The summed E-state index contributed by atoms with van der Waals surface area (Å²) in [5.74, 6) is -1.79. The smallest absolute Gasteiger partial charge is 0.294 e. The van der Waals surface area contributed by atoms with Crippen molar-refractivity contribution in [1.82, 2.24) is 14.9 Å². The van der Waals surface area contributed by atoms with Gasteiger partial charge in [0.05, 0.1) is 28.7 Å². The fourth-order valence-electron chi connectivity index (χ4n) is 7.04. The van der Waals surface area contributed by atoms with Crippen LogP contribution in [0.2, 0.25) is 0 Å². The Labute approximate surface area is 196 Å². The standard InChI is InChI=1S/C25H29FN4O4/c1-13-19(22(32)28-17-4-5-18(26)27-11-17)14(2)30(3)20(13)21(31)23(33)29-24-7-15-6-16(8-24)10-25(34,9-15)12-24/h4-5,11,15-16,34H,6-10,12H2,1-3H3,(H,28,32)(H,29,33)/t15-,16+,24?,25?. The molecule has 4 saturated carbocycles. The fourth-order valence-corrected chi connectivity index (χ4v) is 7.04. The summed E-state index contributed by atoms with van der Waals surface area (Å²) in [6.07, 6.45) is 5.88. The van der Waals surface area contributed by atoms with Crippen molar-refractivity contribution in [1.29, 1.82) is 0 Å². The number of carbonyl (C=O) groups excluding carboxylic acids is 3. The molecule has 2 heterocycles. The van der Waals surface area contributed by atoms with Crippen molar-refractivity contribution >= 4 is 23.3 Å². The molecule has 0 spiro atoms. The minimum absolute atomic E-state index is 0.154. The first-order valence-corrected chi connectivity index (χ1v) is 11.7. The average molecular weight is 469 g/mol. The molecule has 0 radical (unpaired) electrons. The van der Waals surface area contributed by atoms with Crippen molar-refractivity contribution in [2.24, 2.45) is 18.9 Å². The van der Waals surface area contributed by atoms with Crippen LogP contribution in [0.4, 0.5) is 10.1 Å². The summed E-state index contributed by atoms with van der Waals surface area (Å²) in [4.78, 5) is 42.9. The quantitative estimate of drug-likeness (QED) is 0.355. The van der Waals surface area contributed by atoms with Gasteiger partial charge in [0.25, 0.3) is 17.6 Å². The summed E-state index contributed by atoms with van der Waals surface area (Å²) < 4.78 is 14.6. The van der Waals surface area contributed by atoms with Gasteiger partial charge in [0.2, 0.25) is 5.95 Å². The van der Waals surface area contributed by atoms with Gasteiger partial charge in [0.15, 0.2) is 0 Å². The van der Waals surface area contributed by atoms with E-state index in [2.05, 4.69) is 15.6 Å². The Kier molecular flexibility index (Phi) is 5.16. The molecule has 4 fully saturated rings. The van der Waals surface area contributed by atoms with E-state index in [1.165, 1.54) is 12.3 Å². The summed E-state index contributed by atoms with van der Waals surface area (Å²) in [5, 5.41) is 16.6. The van der Waals surface area contributed by atoms with Crippen LogP contribution in [0.25, 0.3) is 0 Å². The third-order valence-corrected chi connectivity index (χ3v) is 7.97. The molecule has 2 aromatic rings. The Balaban J connectivity index is 1.37. The maximum atomic E-state index is 13.3. The van der Waals surface area contributed by atoms with E-state index >= 15 is 0 Å². The Bertz CT molecular complexity index is 1190. The first kappa shape index (κ1) is 22.7. The van der Waals surface area contributed by atoms with E-state index in [0.29, 0.717) is 35.2 Å². The van der Waals surface area contributed by atoms with E-state index in [9.17, 15) is 23.9 Å². The van der Waals surface area contributed by atoms with Gasteiger partial charge in [-0.05, 0) is 81.9 Å². The number of anilines is 1. The van der Waals surface area contributed by atoms with Crippen LogP contribution in [0.1, 0.15) is 70.6 Å². The highest BCUT2D eigenvalue weighted by atomic mass is 19.1. The van der Waals surface area contributed by atoms with Crippen LogP contribution in [0.3, 0.4) is 0 Å². The van der Waals surface area contributed by atoms with Crippen LogP contribution >= 0.6 is 0 Å². The number of rotatable bonds is 5. The van der Waals surface area contributed by atoms with Gasteiger partial charge in [-0.25, -0.2) is 4.98 Å². The van der Waals surface area contributed by atoms with E-state index in [-0.39, 0.29) is 11.3 Å². The summed E-state index contributed by atoms with van der Waals surface area (Å²) in [7, 11) is 1.65. The van der Waals surface area contributed by atoms with Gasteiger partial charge in [-0.2, -0.15) is 4.39 Å². The number of hydrogen-bond donors (Lipinski definition) is 3. The lowest BCUT2D eigenvalue weighted by atomic mass is 9.51. The Morgan fingerprint density at radius 1 is 1.15 bits per heavy atom. The largest absolute Gasteiger partial charge is 0.390 e. The van der Waals surface area contributed by atoms with E-state index in [0.717, 1.165) is 38.2 Å². The molecule has 2 unspecified atom stereocenters. The lowest BCUT2D eigenvalue weighted by Crippen LogP contribution is -2.66. The van der Waals surface area contributed by atoms with Gasteiger partial charge in [0.1, 0.15) is 0 Å². The third kappa shape index (κ3) is 3.72. The second kappa shape index (κ2) is 7.73. The molecule has 8 nitrogen and oxygen atoms in total. The SMILES string of the molecule is Cc1c(C(=O)Nc2ccc(F)nc2)c(C)n(C)c1C(=O)C(=O)NC12C[C@@H]3C[C@@H](CC(O)(C3)C1)C2. The Hall–Kier alpha value is -3.07. The Morgan fingerprint density at radius 2 is 1.82 bits per heavy atom. The molecule has 4 aliphatic rings. The second-order valence-corrected chi connectivity index (χ2v) is 10.6. The number of pyridine rings is 1. The van der Waals surface area contributed by atoms with Gasteiger partial charge < -0.3 is 20.3 Å². The Morgan fingerprint density at radius 3 is 2.41 bits per heavy atom. The van der Waals surface area contributed by atoms with Gasteiger partial charge in [-0.3, -0.25) is 14.4 Å². The number of aliphatic hydroxyl groups is 1. The first-order chi connectivity index (χ1) is 16.0. The third-order valence-electron chi connectivity index (χ3n) is 7.97. The molecule has 34 heavy (non-hydrogen) atoms. The number of Topliss-reactive ketones (excluding diaryl/α,β-unsaturated/α-hetero) is 1. The van der Waals surface area contributed by atoms with Crippen molar-refractivity contribution in [3.8, 4) is 0 Å². The molecule has 9 heteroatoms. The number of ketones is 1. The second-order valence-electron chi connectivity index (χ2n) is 10.6. The van der Waals surface area contributed by atoms with E-state index in [1.807, 2.05) is 0 Å². The van der Waals surface area contributed by atoms with Gasteiger partial charge in [-0.15, -0.1) is 0 Å². The first-order valence-electron chi connectivity index (χ1n) is 11.7. The van der Waals surface area contributed by atoms with Crippen LogP contribution in [0, 0.1) is 31.6 Å². The zero-order valence-corrected chi connectivity index (χ0v) is 19.6. The molecule has 0 saturated heterocycles. The number of nitrogens with zero attached hydrogens (tertiary/aromatic N) is 2. The van der Waals surface area contributed by atoms with Crippen LogP contribution in [-0.2, 0) is 11.8 Å². The number of aromatic nitrogens is 2. The molecule has 180 valence electrons. The summed E-state index contributed by atoms with van der Waals surface area (Å²) in [6, 6.07) is 2.54. The average Bonchev–Trinajstić information content (AvgIpc) is 2.95. The zero-order chi connectivity index (χ0) is 24.4. The number of halogens is 1. The lowest BCUT2D eigenvalue weighted by Gasteiger charge is -2.60. The number of nitrogens with one attached hydrogen (secondary N) is 2.